The molecule has 0 spiro atoms. The lowest BCUT2D eigenvalue weighted by Crippen LogP contribution is -2.06. The second kappa shape index (κ2) is 6.39. The molecular weight excluding hydrogens is 238 g/mol. The maximum atomic E-state index is 12.1. The van der Waals surface area contributed by atoms with E-state index in [0.29, 0.717) is 24.2 Å². The van der Waals surface area contributed by atoms with Crippen molar-refractivity contribution >= 4 is 15.7 Å². The number of nitrogens with one attached hydrogen (secondary N) is 1. The second-order valence-corrected chi connectivity index (χ2v) is 5.96. The number of methoxy groups -OCH3 is 1. The fraction of sp³-hybridized carbons (Fsp3) is 0.417. The number of hydrogen-bond donors (Lipinski definition) is 1. The summed E-state index contributed by atoms with van der Waals surface area (Å²) in [5.41, 5.74) is 0. The van der Waals surface area contributed by atoms with Crippen LogP contribution in [0.4, 0.5) is 0 Å². The Balaban J connectivity index is 2.44. The molecule has 0 saturated carbocycles. The first kappa shape index (κ1) is 13.7. The highest BCUT2D eigenvalue weighted by Crippen LogP contribution is 2.13. The van der Waals surface area contributed by atoms with Crippen molar-refractivity contribution in [3.05, 3.63) is 30.3 Å². The van der Waals surface area contributed by atoms with Crippen LogP contribution in [0, 0.1) is 4.78 Å². The Hall–Kier alpha value is -1.36. The lowest BCUT2D eigenvalue weighted by atomic mass is 10.2. The highest BCUT2D eigenvalue weighted by Gasteiger charge is 2.09. The molecule has 1 N–H and O–H groups in total. The average Bonchev–Trinajstić information content (AvgIpc) is 2.35. The fourth-order valence-electron chi connectivity index (χ4n) is 1.43. The molecule has 0 heterocycles. The summed E-state index contributed by atoms with van der Waals surface area (Å²) in [6.07, 6.45) is 1.52. The molecule has 1 atom stereocenters. The van der Waals surface area contributed by atoms with Gasteiger partial charge >= 0.3 is 5.97 Å². The number of ether oxygens (including phenoxy) is 1. The minimum absolute atomic E-state index is 0.263. The minimum atomic E-state index is -2.72. The molecule has 0 aliphatic heterocycles. The predicted octanol–water partition coefficient (Wildman–Crippen LogP) is 2.44. The van der Waals surface area contributed by atoms with Crippen LogP contribution in [0.1, 0.15) is 19.3 Å². The average molecular weight is 255 g/mol. The highest BCUT2D eigenvalue weighted by atomic mass is 32.2. The Bertz CT molecular complexity index is 454. The maximum absolute atomic E-state index is 12.1. The van der Waals surface area contributed by atoms with E-state index in [1.54, 1.807) is 24.3 Å². The molecule has 0 aromatic heterocycles. The minimum Gasteiger partial charge on any atom is -0.469 e. The number of carbonyl (C=O) groups excluding carboxylic acids is 1. The number of benzene rings is 1. The summed E-state index contributed by atoms with van der Waals surface area (Å²) < 4.78 is 24.4. The van der Waals surface area contributed by atoms with E-state index in [4.69, 9.17) is 4.78 Å². The van der Waals surface area contributed by atoms with Crippen LogP contribution in [0.3, 0.4) is 0 Å². The van der Waals surface area contributed by atoms with E-state index in [9.17, 15) is 9.00 Å². The molecule has 17 heavy (non-hydrogen) atoms. The molecular formula is C12H17NO3S. The van der Waals surface area contributed by atoms with Gasteiger partial charge in [0.1, 0.15) is 0 Å². The van der Waals surface area contributed by atoms with Crippen molar-refractivity contribution in [2.24, 2.45) is 0 Å². The molecule has 5 heteroatoms. The Morgan fingerprint density at radius 3 is 2.53 bits per heavy atom. The largest absolute Gasteiger partial charge is 0.469 e. The molecule has 0 fully saturated rings. The van der Waals surface area contributed by atoms with Gasteiger partial charge in [0.15, 0.2) is 0 Å². The van der Waals surface area contributed by atoms with Gasteiger partial charge in [-0.1, -0.05) is 18.2 Å². The van der Waals surface area contributed by atoms with Gasteiger partial charge in [0.05, 0.1) is 16.8 Å². The van der Waals surface area contributed by atoms with Gasteiger partial charge in [0.25, 0.3) is 0 Å². The SMILES string of the molecule is COC(=O)CCCC[S@](=N)(=O)c1ccccc1. The first-order valence-electron chi connectivity index (χ1n) is 5.44. The summed E-state index contributed by atoms with van der Waals surface area (Å²) in [4.78, 5) is 11.4. The molecule has 0 unspecified atom stereocenters. The van der Waals surface area contributed by atoms with Crippen LogP contribution in [0.15, 0.2) is 35.2 Å². The number of unbranched alkanes of at least 4 members (excludes halogenated alkanes) is 1. The third-order valence-corrected chi connectivity index (χ3v) is 4.31. The van der Waals surface area contributed by atoms with Crippen molar-refractivity contribution in [1.29, 1.82) is 4.78 Å². The zero-order valence-corrected chi connectivity index (χ0v) is 10.7. The van der Waals surface area contributed by atoms with E-state index >= 15 is 0 Å². The Morgan fingerprint density at radius 2 is 1.94 bits per heavy atom. The summed E-state index contributed by atoms with van der Waals surface area (Å²) in [6, 6.07) is 8.79. The third-order valence-electron chi connectivity index (χ3n) is 2.41. The van der Waals surface area contributed by atoms with Gasteiger partial charge in [0, 0.05) is 17.1 Å². The molecule has 0 aliphatic rings. The third kappa shape index (κ3) is 4.56. The monoisotopic (exact) mass is 255 g/mol. The quantitative estimate of drug-likeness (QED) is 0.627. The summed E-state index contributed by atoms with van der Waals surface area (Å²) in [5.74, 6) is 0.0229. The second-order valence-electron chi connectivity index (χ2n) is 3.73. The molecule has 1 aromatic rings. The van der Waals surface area contributed by atoms with Crippen LogP contribution >= 0.6 is 0 Å². The van der Waals surface area contributed by atoms with Crippen molar-refractivity contribution in [1.82, 2.24) is 0 Å². The van der Waals surface area contributed by atoms with Gasteiger partial charge in [0.2, 0.25) is 0 Å². The van der Waals surface area contributed by atoms with Crippen molar-refractivity contribution in [2.45, 2.75) is 24.2 Å². The smallest absolute Gasteiger partial charge is 0.305 e. The predicted molar refractivity (Wildman–Crippen MR) is 66.3 cm³/mol. The zero-order valence-electron chi connectivity index (χ0n) is 9.85. The first-order valence-corrected chi connectivity index (χ1v) is 7.17. The van der Waals surface area contributed by atoms with Crippen LogP contribution in [0.2, 0.25) is 0 Å². The lowest BCUT2D eigenvalue weighted by Gasteiger charge is -2.06. The Labute approximate surface area is 102 Å². The highest BCUT2D eigenvalue weighted by molar-refractivity contribution is 7.92. The lowest BCUT2D eigenvalue weighted by molar-refractivity contribution is -0.140. The summed E-state index contributed by atoms with van der Waals surface area (Å²) in [5, 5.41) is 0. The van der Waals surface area contributed by atoms with Gasteiger partial charge in [-0.3, -0.25) is 4.79 Å². The molecule has 0 aliphatic carbocycles. The van der Waals surface area contributed by atoms with Crippen LogP contribution in [0.25, 0.3) is 0 Å². The van der Waals surface area contributed by atoms with Gasteiger partial charge in [-0.05, 0) is 25.0 Å². The van der Waals surface area contributed by atoms with Crippen LogP contribution in [-0.4, -0.2) is 23.0 Å². The maximum Gasteiger partial charge on any atom is 0.305 e. The Morgan fingerprint density at radius 1 is 1.29 bits per heavy atom. The van der Waals surface area contributed by atoms with Gasteiger partial charge in [-0.25, -0.2) is 8.99 Å². The number of hydrogen-bond acceptors (Lipinski definition) is 4. The summed E-state index contributed by atoms with van der Waals surface area (Å²) >= 11 is 0. The summed E-state index contributed by atoms with van der Waals surface area (Å²) in [7, 11) is -1.37. The fourth-order valence-corrected chi connectivity index (χ4v) is 2.88. The number of carbonyl (C=O) groups is 1. The Kier molecular flexibility index (Phi) is 5.15. The molecule has 0 saturated heterocycles. The van der Waals surface area contributed by atoms with E-state index in [1.165, 1.54) is 7.11 Å². The van der Waals surface area contributed by atoms with E-state index in [2.05, 4.69) is 4.74 Å². The standard InChI is InChI=1S/C12H17NO3S/c1-16-12(14)9-5-6-10-17(13,15)11-7-3-2-4-8-11/h2-4,7-8,13H,5-6,9-10H2,1H3/t17-/m0/s1. The normalized spacial score (nSPS) is 13.9. The summed E-state index contributed by atoms with van der Waals surface area (Å²) in [6.45, 7) is 0. The van der Waals surface area contributed by atoms with Crippen molar-refractivity contribution in [2.75, 3.05) is 12.9 Å². The molecule has 0 amide bonds. The van der Waals surface area contributed by atoms with Gasteiger partial charge in [-0.2, -0.15) is 0 Å². The van der Waals surface area contributed by atoms with Crippen LogP contribution < -0.4 is 0 Å². The molecule has 1 aromatic carbocycles. The molecule has 1 rings (SSSR count). The van der Waals surface area contributed by atoms with Gasteiger partial charge < -0.3 is 4.74 Å². The number of esters is 1. The zero-order chi connectivity index (χ0) is 12.7. The van der Waals surface area contributed by atoms with Gasteiger partial charge in [-0.15, -0.1) is 0 Å². The van der Waals surface area contributed by atoms with Crippen molar-refractivity contribution in [3.63, 3.8) is 0 Å². The van der Waals surface area contributed by atoms with E-state index in [-0.39, 0.29) is 11.7 Å². The van der Waals surface area contributed by atoms with Crippen LogP contribution in [-0.2, 0) is 19.3 Å². The topological polar surface area (TPSA) is 67.2 Å². The van der Waals surface area contributed by atoms with Crippen LogP contribution in [0.5, 0.6) is 0 Å². The molecule has 4 nitrogen and oxygen atoms in total. The number of rotatable bonds is 6. The van der Waals surface area contributed by atoms with Crippen molar-refractivity contribution < 1.29 is 13.7 Å². The van der Waals surface area contributed by atoms with E-state index in [0.717, 1.165) is 0 Å². The first-order chi connectivity index (χ1) is 8.06. The molecule has 94 valence electrons. The molecule has 0 radical (unpaired) electrons. The molecule has 0 bridgehead atoms. The van der Waals surface area contributed by atoms with E-state index < -0.39 is 9.73 Å². The van der Waals surface area contributed by atoms with E-state index in [1.807, 2.05) is 6.07 Å². The van der Waals surface area contributed by atoms with Crippen molar-refractivity contribution in [3.8, 4) is 0 Å².